The summed E-state index contributed by atoms with van der Waals surface area (Å²) in [6.07, 6.45) is 3.74. The van der Waals surface area contributed by atoms with Gasteiger partial charge in [-0.3, -0.25) is 9.36 Å². The third-order valence-corrected chi connectivity index (χ3v) is 5.82. The zero-order chi connectivity index (χ0) is 17.5. The number of nitrogens with zero attached hydrogens (tertiary/aromatic N) is 5. The fourth-order valence-corrected chi connectivity index (χ4v) is 4.47. The summed E-state index contributed by atoms with van der Waals surface area (Å²) in [5, 5.41) is 18.4. The van der Waals surface area contributed by atoms with Crippen molar-refractivity contribution in [2.75, 3.05) is 0 Å². The molecular weight excluding hydrogens is 332 g/mol. The van der Waals surface area contributed by atoms with E-state index in [0.717, 1.165) is 12.2 Å². The van der Waals surface area contributed by atoms with Gasteiger partial charge in [0.05, 0.1) is 12.3 Å². The van der Waals surface area contributed by atoms with Gasteiger partial charge in [-0.25, -0.2) is 18.1 Å². The minimum Gasteiger partial charge on any atom is -0.391 e. The van der Waals surface area contributed by atoms with Crippen LogP contribution >= 0.6 is 0 Å². The number of hydrogen-bond donors (Lipinski definition) is 2. The SMILES string of the molecule is Cc1nc([C@H]2CC[C@@H](O)[C@H](NS(=O)(=O)c3cnn(C)c3)C2)n(C)n1. The first-order valence-corrected chi connectivity index (χ1v) is 9.31. The van der Waals surface area contributed by atoms with Gasteiger partial charge in [0.15, 0.2) is 0 Å². The highest BCUT2D eigenvalue weighted by Gasteiger charge is 2.35. The molecule has 1 saturated carbocycles. The van der Waals surface area contributed by atoms with Crippen molar-refractivity contribution in [1.82, 2.24) is 29.3 Å². The maximum absolute atomic E-state index is 12.5. The molecule has 3 rings (SSSR count). The molecule has 0 bridgehead atoms. The molecule has 132 valence electrons. The van der Waals surface area contributed by atoms with Gasteiger partial charge < -0.3 is 5.11 Å². The van der Waals surface area contributed by atoms with Crippen LogP contribution in [0, 0.1) is 6.92 Å². The van der Waals surface area contributed by atoms with Crippen LogP contribution in [0.25, 0.3) is 0 Å². The van der Waals surface area contributed by atoms with Crippen molar-refractivity contribution < 1.29 is 13.5 Å². The summed E-state index contributed by atoms with van der Waals surface area (Å²) < 4.78 is 30.7. The van der Waals surface area contributed by atoms with E-state index in [-0.39, 0.29) is 10.8 Å². The molecule has 0 unspecified atom stereocenters. The van der Waals surface area contributed by atoms with E-state index < -0.39 is 22.2 Å². The zero-order valence-corrected chi connectivity index (χ0v) is 14.7. The molecule has 0 radical (unpaired) electrons. The van der Waals surface area contributed by atoms with Crippen molar-refractivity contribution in [2.45, 2.75) is 49.1 Å². The molecule has 24 heavy (non-hydrogen) atoms. The average molecular weight is 354 g/mol. The number of aliphatic hydroxyl groups excluding tert-OH is 1. The summed E-state index contributed by atoms with van der Waals surface area (Å²) in [5.41, 5.74) is 0. The Morgan fingerprint density at radius 1 is 1.33 bits per heavy atom. The largest absolute Gasteiger partial charge is 0.391 e. The van der Waals surface area contributed by atoms with Gasteiger partial charge in [-0.15, -0.1) is 0 Å². The van der Waals surface area contributed by atoms with Gasteiger partial charge in [0.25, 0.3) is 0 Å². The van der Waals surface area contributed by atoms with Gasteiger partial charge in [-0.1, -0.05) is 0 Å². The molecule has 1 aliphatic rings. The first-order chi connectivity index (χ1) is 11.3. The third-order valence-electron chi connectivity index (χ3n) is 4.38. The predicted molar refractivity (Wildman–Crippen MR) is 85.7 cm³/mol. The van der Waals surface area contributed by atoms with Crippen LogP contribution in [0.15, 0.2) is 17.3 Å². The molecule has 1 aliphatic carbocycles. The Morgan fingerprint density at radius 2 is 2.08 bits per heavy atom. The molecule has 0 aromatic carbocycles. The molecule has 2 heterocycles. The molecule has 3 atom stereocenters. The van der Waals surface area contributed by atoms with Crippen molar-refractivity contribution in [2.24, 2.45) is 14.1 Å². The fraction of sp³-hybridized carbons (Fsp3) is 0.643. The molecule has 10 heteroatoms. The van der Waals surface area contributed by atoms with Crippen molar-refractivity contribution in [1.29, 1.82) is 0 Å². The summed E-state index contributed by atoms with van der Waals surface area (Å²) in [7, 11) is -0.236. The highest BCUT2D eigenvalue weighted by Crippen LogP contribution is 2.32. The minimum atomic E-state index is -3.72. The molecule has 0 aliphatic heterocycles. The van der Waals surface area contributed by atoms with Crippen molar-refractivity contribution in [3.8, 4) is 0 Å². The Labute approximate surface area is 140 Å². The zero-order valence-electron chi connectivity index (χ0n) is 13.9. The summed E-state index contributed by atoms with van der Waals surface area (Å²) in [6, 6.07) is -0.564. The lowest BCUT2D eigenvalue weighted by Gasteiger charge is -2.32. The molecule has 1 fully saturated rings. The van der Waals surface area contributed by atoms with Gasteiger partial charge >= 0.3 is 0 Å². The second kappa shape index (κ2) is 6.26. The number of hydrogen-bond acceptors (Lipinski definition) is 6. The lowest BCUT2D eigenvalue weighted by atomic mass is 9.83. The number of aryl methyl sites for hydroxylation is 3. The van der Waals surface area contributed by atoms with Crippen LogP contribution in [0.1, 0.15) is 36.8 Å². The molecule has 9 nitrogen and oxygen atoms in total. The standard InChI is InChI=1S/C14H22N6O3S/c1-9-16-14(20(3)17-9)10-4-5-13(21)12(6-10)18-24(22,23)11-7-15-19(2)8-11/h7-8,10,12-13,18,21H,4-6H2,1-3H3/t10-,12+,13+/m0/s1. The second-order valence-electron chi connectivity index (χ2n) is 6.30. The Morgan fingerprint density at radius 3 is 2.67 bits per heavy atom. The third kappa shape index (κ3) is 3.35. The fourth-order valence-electron chi connectivity index (χ4n) is 3.20. The molecule has 0 saturated heterocycles. The summed E-state index contributed by atoms with van der Waals surface area (Å²) >= 11 is 0. The van der Waals surface area contributed by atoms with E-state index in [9.17, 15) is 13.5 Å². The van der Waals surface area contributed by atoms with E-state index in [2.05, 4.69) is 19.9 Å². The molecular formula is C14H22N6O3S. The Balaban J connectivity index is 1.78. The van der Waals surface area contributed by atoms with Gasteiger partial charge in [-0.2, -0.15) is 10.2 Å². The quantitative estimate of drug-likeness (QED) is 0.788. The summed E-state index contributed by atoms with van der Waals surface area (Å²) in [6.45, 7) is 1.82. The number of aromatic nitrogens is 5. The van der Waals surface area contributed by atoms with Crippen LogP contribution in [0.5, 0.6) is 0 Å². The van der Waals surface area contributed by atoms with Crippen LogP contribution in [0.3, 0.4) is 0 Å². The topological polar surface area (TPSA) is 115 Å². The molecule has 2 aromatic heterocycles. The van der Waals surface area contributed by atoms with Crippen LogP contribution in [-0.2, 0) is 24.1 Å². The average Bonchev–Trinajstić information content (AvgIpc) is 3.07. The Hall–Kier alpha value is -1.78. The van der Waals surface area contributed by atoms with E-state index in [1.807, 2.05) is 14.0 Å². The van der Waals surface area contributed by atoms with Crippen LogP contribution in [0.4, 0.5) is 0 Å². The maximum atomic E-state index is 12.5. The van der Waals surface area contributed by atoms with Gasteiger partial charge in [-0.05, 0) is 26.2 Å². The number of sulfonamides is 1. The lowest BCUT2D eigenvalue weighted by Crippen LogP contribution is -2.46. The van der Waals surface area contributed by atoms with Crippen molar-refractivity contribution in [3.63, 3.8) is 0 Å². The number of nitrogens with one attached hydrogen (secondary N) is 1. The minimum absolute atomic E-state index is 0.0567. The molecule has 0 spiro atoms. The number of aliphatic hydroxyl groups is 1. The summed E-state index contributed by atoms with van der Waals surface area (Å²) in [4.78, 5) is 4.52. The van der Waals surface area contributed by atoms with Crippen molar-refractivity contribution >= 4 is 10.0 Å². The Kier molecular flexibility index (Phi) is 4.45. The normalized spacial score (nSPS) is 25.1. The lowest BCUT2D eigenvalue weighted by molar-refractivity contribution is 0.0916. The maximum Gasteiger partial charge on any atom is 0.244 e. The smallest absolute Gasteiger partial charge is 0.244 e. The monoisotopic (exact) mass is 354 g/mol. The van der Waals surface area contributed by atoms with E-state index in [4.69, 9.17) is 0 Å². The highest BCUT2D eigenvalue weighted by molar-refractivity contribution is 7.89. The Bertz CT molecular complexity index is 827. The first-order valence-electron chi connectivity index (χ1n) is 7.83. The highest BCUT2D eigenvalue weighted by atomic mass is 32.2. The van der Waals surface area contributed by atoms with E-state index >= 15 is 0 Å². The first kappa shape index (κ1) is 17.1. The van der Waals surface area contributed by atoms with Crippen molar-refractivity contribution in [3.05, 3.63) is 24.0 Å². The second-order valence-corrected chi connectivity index (χ2v) is 8.01. The van der Waals surface area contributed by atoms with Gasteiger partial charge in [0.2, 0.25) is 10.0 Å². The van der Waals surface area contributed by atoms with Crippen LogP contribution in [-0.4, -0.2) is 50.2 Å². The number of rotatable bonds is 4. The van der Waals surface area contributed by atoms with Gasteiger partial charge in [0, 0.05) is 32.3 Å². The van der Waals surface area contributed by atoms with E-state index in [1.54, 1.807) is 11.7 Å². The van der Waals surface area contributed by atoms with E-state index in [0.29, 0.717) is 18.7 Å². The van der Waals surface area contributed by atoms with E-state index in [1.165, 1.54) is 17.1 Å². The molecule has 2 aromatic rings. The van der Waals surface area contributed by atoms with Crippen LogP contribution < -0.4 is 4.72 Å². The summed E-state index contributed by atoms with van der Waals surface area (Å²) in [5.74, 6) is 1.57. The van der Waals surface area contributed by atoms with Gasteiger partial charge in [0.1, 0.15) is 16.5 Å². The van der Waals surface area contributed by atoms with Crippen LogP contribution in [0.2, 0.25) is 0 Å². The molecule has 0 amide bonds. The molecule has 2 N–H and O–H groups in total. The predicted octanol–water partition coefficient (Wildman–Crippen LogP) is -0.167.